The van der Waals surface area contributed by atoms with Crippen molar-refractivity contribution in [2.45, 2.75) is 19.9 Å². The summed E-state index contributed by atoms with van der Waals surface area (Å²) in [5, 5.41) is 7.81. The first-order chi connectivity index (χ1) is 9.58. The molecule has 1 aromatic carbocycles. The minimum absolute atomic E-state index is 0.0393. The van der Waals surface area contributed by atoms with Crippen molar-refractivity contribution in [3.05, 3.63) is 45.7 Å². The molecule has 1 atom stereocenters. The molecule has 0 aliphatic rings. The van der Waals surface area contributed by atoms with Crippen molar-refractivity contribution >= 4 is 15.9 Å². The van der Waals surface area contributed by atoms with Gasteiger partial charge in [0.25, 0.3) is 0 Å². The molecule has 1 N–H and O–H groups in total. The van der Waals surface area contributed by atoms with Gasteiger partial charge < -0.3 is 10.1 Å². The molecule has 0 bridgehead atoms. The number of hydrogen-bond acceptors (Lipinski definition) is 3. The number of hydrogen-bond donors (Lipinski definition) is 1. The van der Waals surface area contributed by atoms with E-state index in [9.17, 15) is 0 Å². The SMILES string of the molecule is CCNC(c1ccc(C)cc1Br)c1c(OC)cnn1C. The van der Waals surface area contributed by atoms with Crippen LogP contribution in [-0.4, -0.2) is 23.4 Å². The molecule has 0 aliphatic carbocycles. The number of rotatable bonds is 5. The van der Waals surface area contributed by atoms with Crippen LogP contribution in [-0.2, 0) is 7.05 Å². The number of methoxy groups -OCH3 is 1. The Balaban J connectivity index is 2.53. The summed E-state index contributed by atoms with van der Waals surface area (Å²) in [7, 11) is 3.61. The van der Waals surface area contributed by atoms with Crippen LogP contribution in [0, 0.1) is 6.92 Å². The zero-order valence-corrected chi connectivity index (χ0v) is 13.9. The molecule has 2 rings (SSSR count). The van der Waals surface area contributed by atoms with Crippen molar-refractivity contribution in [2.75, 3.05) is 13.7 Å². The van der Waals surface area contributed by atoms with Crippen molar-refractivity contribution in [3.8, 4) is 5.75 Å². The van der Waals surface area contributed by atoms with Crippen molar-refractivity contribution < 1.29 is 4.74 Å². The van der Waals surface area contributed by atoms with Crippen LogP contribution < -0.4 is 10.1 Å². The highest BCUT2D eigenvalue weighted by Crippen LogP contribution is 2.33. The number of aryl methyl sites for hydroxylation is 2. The minimum atomic E-state index is 0.0393. The number of ether oxygens (including phenoxy) is 1. The first-order valence-corrected chi connectivity index (χ1v) is 7.43. The molecule has 0 fully saturated rings. The lowest BCUT2D eigenvalue weighted by atomic mass is 10.0. The van der Waals surface area contributed by atoms with Crippen molar-refractivity contribution in [2.24, 2.45) is 7.05 Å². The molecular weight excluding hydrogens is 318 g/mol. The topological polar surface area (TPSA) is 39.1 Å². The first-order valence-electron chi connectivity index (χ1n) is 6.63. The van der Waals surface area contributed by atoms with Crippen LogP contribution in [0.1, 0.15) is 29.8 Å². The van der Waals surface area contributed by atoms with Crippen LogP contribution in [0.5, 0.6) is 5.75 Å². The smallest absolute Gasteiger partial charge is 0.161 e. The Bertz CT molecular complexity index is 595. The maximum atomic E-state index is 5.44. The summed E-state index contributed by atoms with van der Waals surface area (Å²) in [5.41, 5.74) is 3.44. The number of nitrogens with zero attached hydrogens (tertiary/aromatic N) is 2. The maximum absolute atomic E-state index is 5.44. The summed E-state index contributed by atoms with van der Waals surface area (Å²) >= 11 is 3.66. The Labute approximate surface area is 128 Å². The molecule has 2 aromatic rings. The van der Waals surface area contributed by atoms with E-state index in [2.05, 4.69) is 58.4 Å². The second-order valence-corrected chi connectivity index (χ2v) is 5.59. The van der Waals surface area contributed by atoms with E-state index in [1.165, 1.54) is 11.1 Å². The van der Waals surface area contributed by atoms with E-state index >= 15 is 0 Å². The van der Waals surface area contributed by atoms with Gasteiger partial charge in [-0.1, -0.05) is 35.0 Å². The highest BCUT2D eigenvalue weighted by molar-refractivity contribution is 9.10. The highest BCUT2D eigenvalue weighted by Gasteiger charge is 2.23. The number of benzene rings is 1. The van der Waals surface area contributed by atoms with Crippen LogP contribution >= 0.6 is 15.9 Å². The van der Waals surface area contributed by atoms with Crippen LogP contribution in [0.25, 0.3) is 0 Å². The van der Waals surface area contributed by atoms with Gasteiger partial charge in [0.2, 0.25) is 0 Å². The number of aromatic nitrogens is 2. The highest BCUT2D eigenvalue weighted by atomic mass is 79.9. The van der Waals surface area contributed by atoms with Gasteiger partial charge in [0.05, 0.1) is 19.3 Å². The predicted molar refractivity (Wildman–Crippen MR) is 84.2 cm³/mol. The third kappa shape index (κ3) is 2.88. The van der Waals surface area contributed by atoms with Gasteiger partial charge in [-0.05, 0) is 30.7 Å². The molecule has 0 amide bonds. The standard InChI is InChI=1S/C15H20BrN3O/c1-5-17-14(11-7-6-10(2)8-12(11)16)15-13(20-4)9-18-19(15)3/h6-9,14,17H,5H2,1-4H3. The summed E-state index contributed by atoms with van der Waals surface area (Å²) in [6, 6.07) is 6.42. The fourth-order valence-corrected chi connectivity index (χ4v) is 3.06. The molecule has 0 saturated carbocycles. The van der Waals surface area contributed by atoms with Gasteiger partial charge in [-0.2, -0.15) is 5.10 Å². The Morgan fingerprint density at radius 3 is 2.80 bits per heavy atom. The lowest BCUT2D eigenvalue weighted by Gasteiger charge is -2.21. The maximum Gasteiger partial charge on any atom is 0.161 e. The molecule has 0 saturated heterocycles. The third-order valence-electron chi connectivity index (χ3n) is 3.32. The predicted octanol–water partition coefficient (Wildman–Crippen LogP) is 3.20. The van der Waals surface area contributed by atoms with Gasteiger partial charge in [0, 0.05) is 11.5 Å². The number of nitrogens with one attached hydrogen (secondary N) is 1. The molecule has 20 heavy (non-hydrogen) atoms. The van der Waals surface area contributed by atoms with Crippen LogP contribution in [0.15, 0.2) is 28.9 Å². The molecule has 1 aromatic heterocycles. The fourth-order valence-electron chi connectivity index (χ4n) is 2.34. The van der Waals surface area contributed by atoms with Gasteiger partial charge in [-0.3, -0.25) is 4.68 Å². The normalized spacial score (nSPS) is 12.4. The van der Waals surface area contributed by atoms with Crippen molar-refractivity contribution in [1.82, 2.24) is 15.1 Å². The van der Waals surface area contributed by atoms with Gasteiger partial charge in [0.15, 0.2) is 5.75 Å². The van der Waals surface area contributed by atoms with Crippen molar-refractivity contribution in [3.63, 3.8) is 0 Å². The summed E-state index contributed by atoms with van der Waals surface area (Å²) < 4.78 is 8.39. The van der Waals surface area contributed by atoms with E-state index in [0.717, 1.165) is 22.5 Å². The van der Waals surface area contributed by atoms with E-state index in [-0.39, 0.29) is 6.04 Å². The Kier molecular flexibility index (Phi) is 4.83. The molecule has 1 heterocycles. The molecule has 108 valence electrons. The molecule has 0 spiro atoms. The third-order valence-corrected chi connectivity index (χ3v) is 4.00. The van der Waals surface area contributed by atoms with Crippen LogP contribution in [0.2, 0.25) is 0 Å². The van der Waals surface area contributed by atoms with E-state index in [1.54, 1.807) is 13.3 Å². The second kappa shape index (κ2) is 6.41. The average Bonchev–Trinajstić information content (AvgIpc) is 2.78. The Hall–Kier alpha value is -1.33. The molecule has 0 aliphatic heterocycles. The summed E-state index contributed by atoms with van der Waals surface area (Å²) in [6.45, 7) is 5.04. The largest absolute Gasteiger partial charge is 0.493 e. The zero-order valence-electron chi connectivity index (χ0n) is 12.3. The Morgan fingerprint density at radius 2 is 2.20 bits per heavy atom. The Morgan fingerprint density at radius 1 is 1.45 bits per heavy atom. The van der Waals surface area contributed by atoms with Crippen molar-refractivity contribution in [1.29, 1.82) is 0 Å². The lowest BCUT2D eigenvalue weighted by Crippen LogP contribution is -2.25. The van der Waals surface area contributed by atoms with Crippen LogP contribution in [0.4, 0.5) is 0 Å². The summed E-state index contributed by atoms with van der Waals surface area (Å²) in [4.78, 5) is 0. The lowest BCUT2D eigenvalue weighted by molar-refractivity contribution is 0.401. The number of halogens is 1. The summed E-state index contributed by atoms with van der Waals surface area (Å²) in [6.07, 6.45) is 1.75. The molecule has 5 heteroatoms. The van der Waals surface area contributed by atoms with Gasteiger partial charge in [-0.15, -0.1) is 0 Å². The molecule has 0 radical (unpaired) electrons. The fraction of sp³-hybridized carbons (Fsp3) is 0.400. The van der Waals surface area contributed by atoms with E-state index < -0.39 is 0 Å². The quantitative estimate of drug-likeness (QED) is 0.910. The molecule has 4 nitrogen and oxygen atoms in total. The minimum Gasteiger partial charge on any atom is -0.493 e. The van der Waals surface area contributed by atoms with E-state index in [1.807, 2.05) is 11.7 Å². The van der Waals surface area contributed by atoms with Gasteiger partial charge in [-0.25, -0.2) is 0 Å². The molecular formula is C15H20BrN3O. The van der Waals surface area contributed by atoms with Gasteiger partial charge >= 0.3 is 0 Å². The summed E-state index contributed by atoms with van der Waals surface area (Å²) in [5.74, 6) is 0.797. The van der Waals surface area contributed by atoms with E-state index in [4.69, 9.17) is 4.74 Å². The van der Waals surface area contributed by atoms with Crippen LogP contribution in [0.3, 0.4) is 0 Å². The second-order valence-electron chi connectivity index (χ2n) is 4.74. The molecule has 1 unspecified atom stereocenters. The average molecular weight is 338 g/mol. The van der Waals surface area contributed by atoms with E-state index in [0.29, 0.717) is 0 Å². The first kappa shape index (κ1) is 15.1. The monoisotopic (exact) mass is 337 g/mol. The zero-order chi connectivity index (χ0) is 14.7. The van der Waals surface area contributed by atoms with Gasteiger partial charge in [0.1, 0.15) is 5.69 Å².